The maximum Gasteiger partial charge on any atom is 0.490 e. The summed E-state index contributed by atoms with van der Waals surface area (Å²) in [5.41, 5.74) is 0.719. The Hall–Kier alpha value is -3.38. The topological polar surface area (TPSA) is 147 Å². The van der Waals surface area contributed by atoms with Crippen molar-refractivity contribution in [3.8, 4) is 5.69 Å². The first kappa shape index (κ1) is 26.7. The van der Waals surface area contributed by atoms with Crippen LogP contribution in [-0.4, -0.2) is 46.7 Å². The third kappa shape index (κ3) is 9.19. The van der Waals surface area contributed by atoms with Crippen molar-refractivity contribution in [3.63, 3.8) is 0 Å². The summed E-state index contributed by atoms with van der Waals surface area (Å²) >= 11 is 11.1. The average Bonchev–Trinajstić information content (AvgIpc) is 2.77. The third-order valence-electron chi connectivity index (χ3n) is 3.35. The van der Waals surface area contributed by atoms with Gasteiger partial charge in [0.25, 0.3) is 11.1 Å². The molecule has 0 spiro atoms. The zero-order valence-corrected chi connectivity index (χ0v) is 17.2. The number of pyridine rings is 2. The Labute approximate surface area is 193 Å². The molecule has 4 aromatic rings. The first-order valence-electron chi connectivity index (χ1n) is 8.47. The van der Waals surface area contributed by atoms with Gasteiger partial charge in [0.15, 0.2) is 0 Å². The van der Waals surface area contributed by atoms with Crippen molar-refractivity contribution in [1.82, 2.24) is 29.5 Å². The summed E-state index contributed by atoms with van der Waals surface area (Å²) in [5, 5.41) is 17.9. The van der Waals surface area contributed by atoms with E-state index in [1.165, 1.54) is 66.3 Å². The van der Waals surface area contributed by atoms with E-state index < -0.39 is 7.12 Å². The minimum Gasteiger partial charge on any atom is -0.423 e. The van der Waals surface area contributed by atoms with Crippen molar-refractivity contribution in [2.75, 3.05) is 0 Å². The van der Waals surface area contributed by atoms with Crippen LogP contribution in [0.4, 0.5) is 0 Å². The number of aromatic amines is 1. The minimum atomic E-state index is -1.47. The van der Waals surface area contributed by atoms with Gasteiger partial charge in [-0.1, -0.05) is 36.7 Å². The Morgan fingerprint density at radius 1 is 0.875 bits per heavy atom. The van der Waals surface area contributed by atoms with Gasteiger partial charge in [0.2, 0.25) is 0 Å². The Balaban J connectivity index is 0.000000251. The average molecular weight is 477 g/mol. The van der Waals surface area contributed by atoms with Gasteiger partial charge >= 0.3 is 7.12 Å². The van der Waals surface area contributed by atoms with Crippen LogP contribution in [0.1, 0.15) is 7.43 Å². The van der Waals surface area contributed by atoms with Gasteiger partial charge in [-0.15, -0.1) is 0 Å². The van der Waals surface area contributed by atoms with E-state index in [2.05, 4.69) is 24.9 Å². The summed E-state index contributed by atoms with van der Waals surface area (Å²) in [4.78, 5) is 38.9. The number of halogens is 2. The first-order valence-corrected chi connectivity index (χ1v) is 9.23. The largest absolute Gasteiger partial charge is 0.490 e. The maximum atomic E-state index is 11.4. The van der Waals surface area contributed by atoms with Gasteiger partial charge in [-0.25, -0.2) is 19.9 Å². The van der Waals surface area contributed by atoms with Gasteiger partial charge in [-0.2, -0.15) is 0 Å². The van der Waals surface area contributed by atoms with Gasteiger partial charge in [0.05, 0.1) is 18.2 Å². The first-order chi connectivity index (χ1) is 14.9. The SMILES string of the molecule is C.O=c1ccnc[nH]1.O=c1ccncn1-c1ccc(Cl)nc1.OB(O)c1ccc(Cl)nc1. The van der Waals surface area contributed by atoms with Gasteiger partial charge in [0.1, 0.15) is 16.6 Å². The molecule has 3 N–H and O–H groups in total. The number of hydrogen-bond acceptors (Lipinski definition) is 8. The summed E-state index contributed by atoms with van der Waals surface area (Å²) in [6.07, 6.45) is 8.51. The lowest BCUT2D eigenvalue weighted by atomic mass is 9.82. The summed E-state index contributed by atoms with van der Waals surface area (Å²) in [6, 6.07) is 9.07. The molecule has 0 bridgehead atoms. The van der Waals surface area contributed by atoms with Crippen LogP contribution < -0.4 is 16.6 Å². The molecule has 0 radical (unpaired) electrons. The molecule has 0 unspecified atom stereocenters. The molecule has 0 aliphatic heterocycles. The highest BCUT2D eigenvalue weighted by molar-refractivity contribution is 6.58. The van der Waals surface area contributed by atoms with Crippen LogP contribution in [0.5, 0.6) is 0 Å². The predicted octanol–water partition coefficient (Wildman–Crippen LogP) is 1.10. The normalized spacial score (nSPS) is 9.25. The van der Waals surface area contributed by atoms with Crippen LogP contribution in [0.2, 0.25) is 10.3 Å². The number of hydrogen-bond donors (Lipinski definition) is 3. The van der Waals surface area contributed by atoms with Crippen LogP contribution in [0, 0.1) is 0 Å². The van der Waals surface area contributed by atoms with E-state index >= 15 is 0 Å². The fourth-order valence-corrected chi connectivity index (χ4v) is 2.12. The van der Waals surface area contributed by atoms with Crippen molar-refractivity contribution >= 4 is 35.8 Å². The molecule has 0 saturated carbocycles. The van der Waals surface area contributed by atoms with Crippen molar-refractivity contribution in [1.29, 1.82) is 0 Å². The monoisotopic (exact) mass is 476 g/mol. The van der Waals surface area contributed by atoms with Gasteiger partial charge in [-0.05, 0) is 18.2 Å². The molecule has 4 rings (SSSR count). The number of aromatic nitrogens is 6. The molecule has 166 valence electrons. The maximum absolute atomic E-state index is 11.4. The molecule has 0 aliphatic rings. The van der Waals surface area contributed by atoms with Crippen LogP contribution >= 0.6 is 23.2 Å². The number of H-pyrrole nitrogens is 1. The molecule has 0 fully saturated rings. The van der Waals surface area contributed by atoms with E-state index in [1.807, 2.05) is 0 Å². The van der Waals surface area contributed by atoms with E-state index in [9.17, 15) is 9.59 Å². The van der Waals surface area contributed by atoms with Crippen LogP contribution in [-0.2, 0) is 0 Å². The molecular weight excluding hydrogens is 458 g/mol. The molecule has 10 nitrogen and oxygen atoms in total. The molecule has 4 aromatic heterocycles. The lowest BCUT2D eigenvalue weighted by molar-refractivity contribution is 0.425. The molecule has 13 heteroatoms. The zero-order chi connectivity index (χ0) is 22.6. The summed E-state index contributed by atoms with van der Waals surface area (Å²) in [7, 11) is -1.47. The third-order valence-corrected chi connectivity index (χ3v) is 3.80. The van der Waals surface area contributed by atoms with Crippen LogP contribution in [0.15, 0.2) is 83.4 Å². The lowest BCUT2D eigenvalue weighted by Gasteiger charge is -2.02. The summed E-state index contributed by atoms with van der Waals surface area (Å²) < 4.78 is 1.39. The smallest absolute Gasteiger partial charge is 0.423 e. The molecule has 0 aliphatic carbocycles. The van der Waals surface area contributed by atoms with E-state index in [0.29, 0.717) is 21.5 Å². The lowest BCUT2D eigenvalue weighted by Crippen LogP contribution is -2.29. The second-order valence-corrected chi connectivity index (χ2v) is 6.29. The second-order valence-electron chi connectivity index (χ2n) is 5.52. The predicted molar refractivity (Wildman–Crippen MR) is 123 cm³/mol. The molecule has 32 heavy (non-hydrogen) atoms. The highest BCUT2D eigenvalue weighted by atomic mass is 35.5. The van der Waals surface area contributed by atoms with E-state index in [4.69, 9.17) is 33.2 Å². The highest BCUT2D eigenvalue weighted by Gasteiger charge is 2.09. The van der Waals surface area contributed by atoms with Crippen molar-refractivity contribution in [3.05, 3.63) is 105 Å². The minimum absolute atomic E-state index is 0. The molecule has 0 atom stereocenters. The Morgan fingerprint density at radius 2 is 1.53 bits per heavy atom. The second kappa shape index (κ2) is 13.8. The quantitative estimate of drug-likeness (QED) is 0.288. The van der Waals surface area contributed by atoms with E-state index in [1.54, 1.807) is 12.1 Å². The Morgan fingerprint density at radius 3 is 1.97 bits per heavy atom. The highest BCUT2D eigenvalue weighted by Crippen LogP contribution is 2.07. The van der Waals surface area contributed by atoms with Crippen molar-refractivity contribution < 1.29 is 10.0 Å². The van der Waals surface area contributed by atoms with Crippen molar-refractivity contribution in [2.45, 2.75) is 7.43 Å². The molecule has 0 aromatic carbocycles. The van der Waals surface area contributed by atoms with Crippen LogP contribution in [0.3, 0.4) is 0 Å². The van der Waals surface area contributed by atoms with Crippen LogP contribution in [0.25, 0.3) is 5.69 Å². The zero-order valence-electron chi connectivity index (χ0n) is 15.7. The fraction of sp³-hybridized carbons (Fsp3) is 0.0526. The number of nitrogens with zero attached hydrogens (tertiary/aromatic N) is 5. The van der Waals surface area contributed by atoms with Gasteiger partial charge in [0, 0.05) is 36.2 Å². The van der Waals surface area contributed by atoms with Gasteiger partial charge < -0.3 is 15.0 Å². The Kier molecular flexibility index (Phi) is 11.5. The molecular formula is C19H19BCl2N6O4. The number of nitrogens with one attached hydrogen (secondary N) is 1. The summed E-state index contributed by atoms with van der Waals surface area (Å²) in [6.45, 7) is 0. The summed E-state index contributed by atoms with van der Waals surface area (Å²) in [5.74, 6) is 0. The molecule has 0 amide bonds. The standard InChI is InChI=1S/C9H6ClN3O.C5H5BClNO2.C4H4N2O.CH4/c10-8-2-1-7(5-12-8)13-6-11-4-3-9(13)14;7-5-2-1-4(3-8-5)6(9)10;7-4-1-2-5-3-6-4;/h1-6H;1-3,9-10H;1-3H,(H,5,6,7);1H4. The van der Waals surface area contributed by atoms with Crippen molar-refractivity contribution in [2.24, 2.45) is 0 Å². The molecule has 0 saturated heterocycles. The fourth-order valence-electron chi connectivity index (χ4n) is 1.90. The van der Waals surface area contributed by atoms with E-state index in [-0.39, 0.29) is 18.5 Å². The Bertz CT molecular complexity index is 1170. The van der Waals surface area contributed by atoms with Gasteiger partial charge in [-0.3, -0.25) is 14.2 Å². The molecule has 4 heterocycles. The number of rotatable bonds is 2. The van der Waals surface area contributed by atoms with E-state index in [0.717, 1.165) is 0 Å².